The maximum atomic E-state index is 5.30. The lowest BCUT2D eigenvalue weighted by atomic mass is 10.2. The molecule has 0 radical (unpaired) electrons. The molecule has 3 rings (SSSR count). The molecule has 0 amide bonds. The number of hydrogen-bond donors (Lipinski definition) is 1. The van der Waals surface area contributed by atoms with Gasteiger partial charge in [-0.1, -0.05) is 12.1 Å². The molecule has 0 saturated carbocycles. The minimum Gasteiger partial charge on any atom is -0.496 e. The van der Waals surface area contributed by atoms with Gasteiger partial charge in [0.05, 0.1) is 18.2 Å². The summed E-state index contributed by atoms with van der Waals surface area (Å²) in [5.74, 6) is 2.15. The van der Waals surface area contributed by atoms with Crippen LogP contribution in [0.5, 0.6) is 5.75 Å². The van der Waals surface area contributed by atoms with E-state index in [-0.39, 0.29) is 0 Å². The zero-order valence-electron chi connectivity index (χ0n) is 10.4. The van der Waals surface area contributed by atoms with Crippen molar-refractivity contribution in [1.29, 1.82) is 0 Å². The van der Waals surface area contributed by atoms with E-state index in [2.05, 4.69) is 19.9 Å². The average molecular weight is 252 g/mol. The number of imidazole rings is 1. The van der Waals surface area contributed by atoms with Crippen LogP contribution >= 0.6 is 0 Å². The first-order chi connectivity index (χ1) is 9.38. The monoisotopic (exact) mass is 252 g/mol. The Bertz CT molecular complexity index is 662. The lowest BCUT2D eigenvalue weighted by Crippen LogP contribution is -1.93. The van der Waals surface area contributed by atoms with Gasteiger partial charge >= 0.3 is 0 Å². The van der Waals surface area contributed by atoms with Gasteiger partial charge in [0.2, 0.25) is 0 Å². The summed E-state index contributed by atoms with van der Waals surface area (Å²) in [6.45, 7) is 0. The van der Waals surface area contributed by atoms with E-state index in [4.69, 9.17) is 4.74 Å². The number of rotatable bonds is 3. The van der Waals surface area contributed by atoms with Gasteiger partial charge < -0.3 is 9.72 Å². The SMILES string of the molecule is COc1ccccc1-c1ncc(-c2ncc[nH]2)cn1. The predicted octanol–water partition coefficient (Wildman–Crippen LogP) is 2.54. The summed E-state index contributed by atoms with van der Waals surface area (Å²) in [6, 6.07) is 7.67. The van der Waals surface area contributed by atoms with E-state index in [9.17, 15) is 0 Å². The van der Waals surface area contributed by atoms with Gasteiger partial charge in [-0.25, -0.2) is 15.0 Å². The fourth-order valence-corrected chi connectivity index (χ4v) is 1.84. The summed E-state index contributed by atoms with van der Waals surface area (Å²) < 4.78 is 5.30. The normalized spacial score (nSPS) is 10.4. The van der Waals surface area contributed by atoms with E-state index < -0.39 is 0 Å². The van der Waals surface area contributed by atoms with E-state index in [1.54, 1.807) is 31.9 Å². The van der Waals surface area contributed by atoms with Crippen LogP contribution in [0.1, 0.15) is 0 Å². The van der Waals surface area contributed by atoms with Crippen LogP contribution in [0.25, 0.3) is 22.8 Å². The maximum Gasteiger partial charge on any atom is 0.162 e. The van der Waals surface area contributed by atoms with Crippen LogP contribution in [-0.2, 0) is 0 Å². The minimum atomic E-state index is 0.632. The second-order valence-corrected chi connectivity index (χ2v) is 3.93. The Morgan fingerprint density at radius 3 is 2.53 bits per heavy atom. The molecule has 3 aromatic rings. The zero-order chi connectivity index (χ0) is 13.1. The topological polar surface area (TPSA) is 63.7 Å². The molecule has 1 aromatic carbocycles. The molecule has 0 aliphatic carbocycles. The standard InChI is InChI=1S/C14H12N4O/c1-19-12-5-3-2-4-11(12)14-17-8-10(9-18-14)13-15-6-7-16-13/h2-9H,1H3,(H,15,16). The molecule has 5 nitrogen and oxygen atoms in total. The highest BCUT2D eigenvalue weighted by molar-refractivity contribution is 5.65. The van der Waals surface area contributed by atoms with Gasteiger partial charge in [0.25, 0.3) is 0 Å². The molecule has 0 bridgehead atoms. The van der Waals surface area contributed by atoms with Crippen LogP contribution in [-0.4, -0.2) is 27.0 Å². The summed E-state index contributed by atoms with van der Waals surface area (Å²) in [6.07, 6.45) is 6.95. The predicted molar refractivity (Wildman–Crippen MR) is 71.6 cm³/mol. The fraction of sp³-hybridized carbons (Fsp3) is 0.0714. The Hall–Kier alpha value is -2.69. The van der Waals surface area contributed by atoms with E-state index in [1.165, 1.54) is 0 Å². The number of nitrogens with zero attached hydrogens (tertiary/aromatic N) is 3. The minimum absolute atomic E-state index is 0.632. The third-order valence-electron chi connectivity index (χ3n) is 2.77. The van der Waals surface area contributed by atoms with Crippen molar-refractivity contribution in [3.63, 3.8) is 0 Å². The van der Waals surface area contributed by atoms with Gasteiger partial charge in [-0.15, -0.1) is 0 Å². The summed E-state index contributed by atoms with van der Waals surface area (Å²) in [7, 11) is 1.63. The maximum absolute atomic E-state index is 5.30. The number of aromatic amines is 1. The molecule has 19 heavy (non-hydrogen) atoms. The number of benzene rings is 1. The Balaban J connectivity index is 1.99. The van der Waals surface area contributed by atoms with Crippen LogP contribution in [0.4, 0.5) is 0 Å². The van der Waals surface area contributed by atoms with E-state index in [0.717, 1.165) is 22.7 Å². The Morgan fingerprint density at radius 1 is 1.05 bits per heavy atom. The van der Waals surface area contributed by atoms with Gasteiger partial charge in [-0.2, -0.15) is 0 Å². The van der Waals surface area contributed by atoms with Crippen LogP contribution < -0.4 is 4.74 Å². The molecular weight excluding hydrogens is 240 g/mol. The molecule has 0 spiro atoms. The molecule has 0 atom stereocenters. The number of ether oxygens (including phenoxy) is 1. The van der Waals surface area contributed by atoms with E-state index >= 15 is 0 Å². The van der Waals surface area contributed by atoms with E-state index in [1.807, 2.05) is 24.3 Å². The average Bonchev–Trinajstić information content (AvgIpc) is 3.02. The summed E-state index contributed by atoms with van der Waals surface area (Å²) in [5, 5.41) is 0. The third kappa shape index (κ3) is 2.18. The highest BCUT2D eigenvalue weighted by Gasteiger charge is 2.08. The van der Waals surface area contributed by atoms with Gasteiger partial charge in [0, 0.05) is 24.8 Å². The number of nitrogens with one attached hydrogen (secondary N) is 1. The third-order valence-corrected chi connectivity index (χ3v) is 2.77. The molecule has 5 heteroatoms. The molecule has 0 aliphatic heterocycles. The Labute approximate surface area is 110 Å². The van der Waals surface area contributed by atoms with Gasteiger partial charge in [-0.05, 0) is 12.1 Å². The van der Waals surface area contributed by atoms with Crippen molar-refractivity contribution in [1.82, 2.24) is 19.9 Å². The smallest absolute Gasteiger partial charge is 0.162 e. The second-order valence-electron chi connectivity index (χ2n) is 3.93. The molecule has 0 unspecified atom stereocenters. The number of para-hydroxylation sites is 1. The quantitative estimate of drug-likeness (QED) is 0.778. The van der Waals surface area contributed by atoms with Crippen molar-refractivity contribution >= 4 is 0 Å². The molecule has 2 aromatic heterocycles. The summed E-state index contributed by atoms with van der Waals surface area (Å²) in [5.41, 5.74) is 1.72. The molecule has 2 heterocycles. The number of methoxy groups -OCH3 is 1. The van der Waals surface area contributed by atoms with Crippen molar-refractivity contribution < 1.29 is 4.74 Å². The van der Waals surface area contributed by atoms with Crippen molar-refractivity contribution in [3.05, 3.63) is 49.1 Å². The summed E-state index contributed by atoms with van der Waals surface area (Å²) in [4.78, 5) is 15.9. The molecular formula is C14H12N4O. The largest absolute Gasteiger partial charge is 0.496 e. The van der Waals surface area contributed by atoms with Crippen LogP contribution in [0.2, 0.25) is 0 Å². The van der Waals surface area contributed by atoms with Gasteiger partial charge in [0.15, 0.2) is 5.82 Å². The zero-order valence-corrected chi connectivity index (χ0v) is 10.4. The lowest BCUT2D eigenvalue weighted by molar-refractivity contribution is 0.416. The van der Waals surface area contributed by atoms with Crippen molar-refractivity contribution in [3.8, 4) is 28.5 Å². The molecule has 1 N–H and O–H groups in total. The first-order valence-electron chi connectivity index (χ1n) is 5.83. The summed E-state index contributed by atoms with van der Waals surface area (Å²) >= 11 is 0. The van der Waals surface area contributed by atoms with Crippen molar-refractivity contribution in [2.45, 2.75) is 0 Å². The number of hydrogen-bond acceptors (Lipinski definition) is 4. The van der Waals surface area contributed by atoms with E-state index in [0.29, 0.717) is 5.82 Å². The second kappa shape index (κ2) is 4.89. The van der Waals surface area contributed by atoms with Gasteiger partial charge in [0.1, 0.15) is 11.6 Å². The molecule has 0 fully saturated rings. The van der Waals surface area contributed by atoms with Gasteiger partial charge in [-0.3, -0.25) is 0 Å². The molecule has 0 aliphatic rings. The lowest BCUT2D eigenvalue weighted by Gasteiger charge is -2.06. The van der Waals surface area contributed by atoms with Crippen molar-refractivity contribution in [2.75, 3.05) is 7.11 Å². The first kappa shape index (κ1) is 11.4. The highest BCUT2D eigenvalue weighted by atomic mass is 16.5. The molecule has 94 valence electrons. The Morgan fingerprint density at radius 2 is 1.84 bits per heavy atom. The number of aromatic nitrogens is 4. The van der Waals surface area contributed by atoms with Crippen LogP contribution in [0.15, 0.2) is 49.1 Å². The number of H-pyrrole nitrogens is 1. The highest BCUT2D eigenvalue weighted by Crippen LogP contribution is 2.26. The first-order valence-corrected chi connectivity index (χ1v) is 5.83. The Kier molecular flexibility index (Phi) is 2.94. The van der Waals surface area contributed by atoms with Crippen molar-refractivity contribution in [2.24, 2.45) is 0 Å². The molecule has 0 saturated heterocycles. The van der Waals surface area contributed by atoms with Crippen LogP contribution in [0.3, 0.4) is 0 Å². The fourth-order valence-electron chi connectivity index (χ4n) is 1.84. The van der Waals surface area contributed by atoms with Crippen LogP contribution in [0, 0.1) is 0 Å².